The fraction of sp³-hybridized carbons (Fsp3) is 0.526. The third-order valence-corrected chi connectivity index (χ3v) is 6.51. The molecule has 32 heavy (non-hydrogen) atoms. The standard InChI is InChI=1S/C19H27ClN8O3S/c1-11(2)28-18(15-7-8-27(6)25-15)23-24-19(28)26-32(29,30)13(5)16(31-12(3)4)17-21-9-14(20)10-22-17/h7-13,16H,1-6H3,(H,24,26). The zero-order valence-corrected chi connectivity index (χ0v) is 20.3. The number of aryl methyl sites for hydroxylation is 1. The van der Waals surface area contributed by atoms with E-state index in [-0.39, 0.29) is 23.9 Å². The number of hydrogen-bond acceptors (Lipinski definition) is 8. The Balaban J connectivity index is 1.95. The Bertz CT molecular complexity index is 1160. The van der Waals surface area contributed by atoms with E-state index in [2.05, 4.69) is 30.0 Å². The second-order valence-electron chi connectivity index (χ2n) is 7.90. The van der Waals surface area contributed by atoms with E-state index in [1.165, 1.54) is 19.3 Å². The normalized spacial score (nSPS) is 14.2. The van der Waals surface area contributed by atoms with Gasteiger partial charge in [0.25, 0.3) is 0 Å². The minimum Gasteiger partial charge on any atom is -0.366 e. The molecule has 0 radical (unpaired) electrons. The largest absolute Gasteiger partial charge is 0.366 e. The molecule has 11 nitrogen and oxygen atoms in total. The van der Waals surface area contributed by atoms with Crippen LogP contribution in [0.4, 0.5) is 5.95 Å². The maximum Gasteiger partial charge on any atom is 0.240 e. The van der Waals surface area contributed by atoms with Gasteiger partial charge in [-0.3, -0.25) is 14.0 Å². The Morgan fingerprint density at radius 2 is 1.75 bits per heavy atom. The van der Waals surface area contributed by atoms with Gasteiger partial charge in [-0.1, -0.05) is 11.6 Å². The van der Waals surface area contributed by atoms with Crippen molar-refractivity contribution < 1.29 is 13.2 Å². The van der Waals surface area contributed by atoms with Crippen LogP contribution in [-0.4, -0.2) is 54.3 Å². The molecule has 1 N–H and O–H groups in total. The molecule has 0 saturated heterocycles. The molecule has 2 unspecified atom stereocenters. The van der Waals surface area contributed by atoms with E-state index in [1.54, 1.807) is 28.6 Å². The molecule has 3 aromatic heterocycles. The van der Waals surface area contributed by atoms with Crippen molar-refractivity contribution in [2.45, 2.75) is 58.1 Å². The summed E-state index contributed by atoms with van der Waals surface area (Å²) in [5, 5.41) is 11.9. The number of aromatic nitrogens is 7. The highest BCUT2D eigenvalue weighted by Gasteiger charge is 2.35. The van der Waals surface area contributed by atoms with Crippen molar-refractivity contribution in [3.05, 3.63) is 35.5 Å². The summed E-state index contributed by atoms with van der Waals surface area (Å²) in [4.78, 5) is 8.32. The summed E-state index contributed by atoms with van der Waals surface area (Å²) >= 11 is 5.88. The topological polar surface area (TPSA) is 130 Å². The molecule has 0 bridgehead atoms. The zero-order valence-electron chi connectivity index (χ0n) is 18.8. The molecule has 0 aliphatic carbocycles. The van der Waals surface area contributed by atoms with Crippen LogP contribution < -0.4 is 4.72 Å². The molecular formula is C19H27ClN8O3S. The van der Waals surface area contributed by atoms with Crippen LogP contribution in [0.5, 0.6) is 0 Å². The highest BCUT2D eigenvalue weighted by Crippen LogP contribution is 2.29. The molecule has 0 amide bonds. The average Bonchev–Trinajstić information content (AvgIpc) is 3.32. The molecular weight excluding hydrogens is 456 g/mol. The number of nitrogens with zero attached hydrogens (tertiary/aromatic N) is 7. The summed E-state index contributed by atoms with van der Waals surface area (Å²) < 4.78 is 38.4. The first-order valence-corrected chi connectivity index (χ1v) is 12.0. The van der Waals surface area contributed by atoms with Gasteiger partial charge in [0.05, 0.1) is 11.1 Å². The molecule has 13 heteroatoms. The van der Waals surface area contributed by atoms with Crippen LogP contribution in [0.15, 0.2) is 24.7 Å². The summed E-state index contributed by atoms with van der Waals surface area (Å²) in [6, 6.07) is 1.66. The highest BCUT2D eigenvalue weighted by molar-refractivity contribution is 7.93. The van der Waals surface area contributed by atoms with Crippen molar-refractivity contribution in [2.75, 3.05) is 4.72 Å². The molecule has 0 aromatic carbocycles. The van der Waals surface area contributed by atoms with Crippen LogP contribution in [0, 0.1) is 0 Å². The summed E-state index contributed by atoms with van der Waals surface area (Å²) in [5.74, 6) is 0.773. The highest BCUT2D eigenvalue weighted by atomic mass is 35.5. The van der Waals surface area contributed by atoms with E-state index in [0.717, 1.165) is 0 Å². The number of hydrogen-bond donors (Lipinski definition) is 1. The number of nitrogens with one attached hydrogen (secondary N) is 1. The minimum atomic E-state index is -3.97. The molecule has 3 heterocycles. The summed E-state index contributed by atoms with van der Waals surface area (Å²) in [5.41, 5.74) is 0.586. The van der Waals surface area contributed by atoms with Gasteiger partial charge in [-0.2, -0.15) is 5.10 Å². The van der Waals surface area contributed by atoms with Crippen molar-refractivity contribution in [2.24, 2.45) is 7.05 Å². The van der Waals surface area contributed by atoms with E-state index in [4.69, 9.17) is 16.3 Å². The number of anilines is 1. The fourth-order valence-electron chi connectivity index (χ4n) is 3.09. The monoisotopic (exact) mass is 482 g/mol. The van der Waals surface area contributed by atoms with E-state index in [1.807, 2.05) is 27.7 Å². The number of ether oxygens (including phenoxy) is 1. The molecule has 0 aliphatic heterocycles. The average molecular weight is 483 g/mol. The molecule has 0 saturated carbocycles. The number of sulfonamides is 1. The number of rotatable bonds is 9. The Hall–Kier alpha value is -2.57. The van der Waals surface area contributed by atoms with E-state index in [0.29, 0.717) is 16.5 Å². The molecule has 174 valence electrons. The van der Waals surface area contributed by atoms with Gasteiger partial charge in [-0.25, -0.2) is 18.4 Å². The lowest BCUT2D eigenvalue weighted by Crippen LogP contribution is -2.35. The second kappa shape index (κ2) is 9.51. The van der Waals surface area contributed by atoms with Gasteiger partial charge in [0.1, 0.15) is 17.0 Å². The third kappa shape index (κ3) is 5.25. The van der Waals surface area contributed by atoms with Crippen LogP contribution in [0.1, 0.15) is 52.6 Å². The quantitative estimate of drug-likeness (QED) is 0.492. The first-order valence-electron chi connectivity index (χ1n) is 10.1. The zero-order chi connectivity index (χ0) is 23.6. The van der Waals surface area contributed by atoms with Crippen molar-refractivity contribution in [3.63, 3.8) is 0 Å². The summed E-state index contributed by atoms with van der Waals surface area (Å²) in [6.07, 6.45) is 3.41. The Kier molecular flexibility index (Phi) is 7.16. The van der Waals surface area contributed by atoms with E-state index >= 15 is 0 Å². The van der Waals surface area contributed by atoms with Crippen LogP contribution in [0.2, 0.25) is 5.02 Å². The predicted molar refractivity (Wildman–Crippen MR) is 121 cm³/mol. The molecule has 0 spiro atoms. The minimum absolute atomic E-state index is 0.0906. The van der Waals surface area contributed by atoms with Gasteiger partial charge in [-0.15, -0.1) is 10.2 Å². The lowest BCUT2D eigenvalue weighted by molar-refractivity contribution is 0.00154. The maximum atomic E-state index is 13.3. The fourth-order valence-corrected chi connectivity index (χ4v) is 4.27. The SMILES string of the molecule is CC(C)OC(c1ncc(Cl)cn1)C(C)S(=O)(=O)Nc1nnc(-c2ccn(C)n2)n1C(C)C. The van der Waals surface area contributed by atoms with Crippen LogP contribution in [0.3, 0.4) is 0 Å². The van der Waals surface area contributed by atoms with Crippen LogP contribution in [-0.2, 0) is 21.8 Å². The summed E-state index contributed by atoms with van der Waals surface area (Å²) in [7, 11) is -2.18. The second-order valence-corrected chi connectivity index (χ2v) is 10.4. The first kappa shape index (κ1) is 24.1. The molecule has 2 atom stereocenters. The van der Waals surface area contributed by atoms with Gasteiger partial charge >= 0.3 is 0 Å². The van der Waals surface area contributed by atoms with E-state index in [9.17, 15) is 8.42 Å². The summed E-state index contributed by atoms with van der Waals surface area (Å²) in [6.45, 7) is 8.96. The van der Waals surface area contributed by atoms with Crippen molar-refractivity contribution in [1.29, 1.82) is 0 Å². The van der Waals surface area contributed by atoms with Crippen molar-refractivity contribution in [3.8, 4) is 11.5 Å². The van der Waals surface area contributed by atoms with Gasteiger partial charge in [-0.05, 0) is 40.7 Å². The lowest BCUT2D eigenvalue weighted by atomic mass is 10.2. The molecule has 0 aliphatic rings. The Morgan fingerprint density at radius 1 is 1.09 bits per heavy atom. The predicted octanol–water partition coefficient (Wildman–Crippen LogP) is 3.00. The third-order valence-electron chi connectivity index (χ3n) is 4.62. The number of halogens is 1. The van der Waals surface area contributed by atoms with Crippen molar-refractivity contribution in [1.82, 2.24) is 34.5 Å². The smallest absolute Gasteiger partial charge is 0.240 e. The van der Waals surface area contributed by atoms with E-state index < -0.39 is 21.4 Å². The first-order chi connectivity index (χ1) is 15.0. The van der Waals surface area contributed by atoms with Crippen LogP contribution in [0.25, 0.3) is 11.5 Å². The maximum absolute atomic E-state index is 13.3. The van der Waals surface area contributed by atoms with Crippen molar-refractivity contribution >= 4 is 27.6 Å². The lowest BCUT2D eigenvalue weighted by Gasteiger charge is -2.25. The molecule has 3 rings (SSSR count). The van der Waals surface area contributed by atoms with Gasteiger partial charge in [0.2, 0.25) is 16.0 Å². The molecule has 0 fully saturated rings. The van der Waals surface area contributed by atoms with Gasteiger partial charge < -0.3 is 4.74 Å². The Labute approximate surface area is 192 Å². The van der Waals surface area contributed by atoms with Gasteiger partial charge in [0, 0.05) is 31.7 Å². The van der Waals surface area contributed by atoms with Crippen LogP contribution >= 0.6 is 11.6 Å². The van der Waals surface area contributed by atoms with Gasteiger partial charge in [0.15, 0.2) is 11.6 Å². The molecule has 3 aromatic rings. The Morgan fingerprint density at radius 3 is 2.28 bits per heavy atom.